The van der Waals surface area contributed by atoms with Crippen molar-refractivity contribution in [3.05, 3.63) is 0 Å². The molecule has 4 N–H and O–H groups in total. The van der Waals surface area contributed by atoms with Crippen LogP contribution in [-0.2, 0) is 9.59 Å². The van der Waals surface area contributed by atoms with Gasteiger partial charge in [0.1, 0.15) is 0 Å². The van der Waals surface area contributed by atoms with Crippen molar-refractivity contribution >= 4 is 11.9 Å². The number of hydrogen-bond donors (Lipinski definition) is 3. The molecule has 5 nitrogen and oxygen atoms in total. The van der Waals surface area contributed by atoms with Crippen LogP contribution in [-0.4, -0.2) is 30.1 Å². The molecule has 0 spiro atoms. The van der Waals surface area contributed by atoms with Gasteiger partial charge in [-0.2, -0.15) is 0 Å². The molecule has 0 heterocycles. The fraction of sp³-hybridized carbons (Fsp3) is 0.800. The Morgan fingerprint density at radius 1 is 1.27 bits per heavy atom. The topological polar surface area (TPSA) is 92.4 Å². The molecule has 88 valence electrons. The number of hydrogen-bond acceptors (Lipinski definition) is 3. The molecule has 0 aromatic rings. The van der Waals surface area contributed by atoms with Gasteiger partial charge in [-0.1, -0.05) is 13.8 Å². The van der Waals surface area contributed by atoms with E-state index in [2.05, 4.69) is 5.32 Å². The Kier molecular flexibility index (Phi) is 6.70. The summed E-state index contributed by atoms with van der Waals surface area (Å²) in [7, 11) is 0. The highest BCUT2D eigenvalue weighted by Crippen LogP contribution is 2.01. The van der Waals surface area contributed by atoms with Crippen molar-refractivity contribution < 1.29 is 14.7 Å². The summed E-state index contributed by atoms with van der Waals surface area (Å²) in [6, 6.07) is 0. The Balaban J connectivity index is 3.66. The van der Waals surface area contributed by atoms with E-state index in [1.165, 1.54) is 0 Å². The number of amides is 1. The zero-order valence-corrected chi connectivity index (χ0v) is 9.32. The van der Waals surface area contributed by atoms with Crippen molar-refractivity contribution in [1.82, 2.24) is 5.32 Å². The minimum atomic E-state index is -0.841. The van der Waals surface area contributed by atoms with Gasteiger partial charge in [0.05, 0.1) is 0 Å². The third-order valence-electron chi connectivity index (χ3n) is 2.11. The van der Waals surface area contributed by atoms with Crippen LogP contribution in [0.15, 0.2) is 0 Å². The third-order valence-corrected chi connectivity index (χ3v) is 2.11. The fourth-order valence-corrected chi connectivity index (χ4v) is 1.13. The molecule has 0 saturated heterocycles. The smallest absolute Gasteiger partial charge is 0.303 e. The van der Waals surface area contributed by atoms with Crippen molar-refractivity contribution in [2.75, 3.05) is 13.1 Å². The zero-order valence-electron chi connectivity index (χ0n) is 9.32. The normalized spacial score (nSPS) is 14.3. The van der Waals surface area contributed by atoms with Gasteiger partial charge in [-0.25, -0.2) is 0 Å². The standard InChI is InChI=1S/C10H20N2O3/c1-7(5-11)3-9(13)12-6-8(2)4-10(14)15/h7-8H,3-6,11H2,1-2H3,(H,12,13)(H,14,15). The van der Waals surface area contributed by atoms with Crippen LogP contribution in [0.3, 0.4) is 0 Å². The highest BCUT2D eigenvalue weighted by Gasteiger charge is 2.11. The first-order valence-electron chi connectivity index (χ1n) is 5.14. The second kappa shape index (κ2) is 7.23. The molecule has 2 unspecified atom stereocenters. The first-order valence-corrected chi connectivity index (χ1v) is 5.14. The molecule has 0 rings (SSSR count). The summed E-state index contributed by atoms with van der Waals surface area (Å²) >= 11 is 0. The van der Waals surface area contributed by atoms with Crippen molar-refractivity contribution in [3.63, 3.8) is 0 Å². The van der Waals surface area contributed by atoms with Crippen LogP contribution in [0.5, 0.6) is 0 Å². The van der Waals surface area contributed by atoms with Gasteiger partial charge in [0, 0.05) is 19.4 Å². The number of aliphatic carboxylic acids is 1. The Morgan fingerprint density at radius 3 is 2.33 bits per heavy atom. The first-order chi connectivity index (χ1) is 6.95. The molecular formula is C10H20N2O3. The van der Waals surface area contributed by atoms with Gasteiger partial charge in [0.15, 0.2) is 0 Å². The van der Waals surface area contributed by atoms with Crippen LogP contribution in [0, 0.1) is 11.8 Å². The average Bonchev–Trinajstić information content (AvgIpc) is 2.13. The molecular weight excluding hydrogens is 196 g/mol. The average molecular weight is 216 g/mol. The van der Waals surface area contributed by atoms with E-state index in [0.717, 1.165) is 0 Å². The lowest BCUT2D eigenvalue weighted by molar-refractivity contribution is -0.138. The highest BCUT2D eigenvalue weighted by molar-refractivity contribution is 5.76. The quantitative estimate of drug-likeness (QED) is 0.566. The van der Waals surface area contributed by atoms with Gasteiger partial charge in [0.25, 0.3) is 0 Å². The van der Waals surface area contributed by atoms with Gasteiger partial charge in [0.2, 0.25) is 5.91 Å². The highest BCUT2D eigenvalue weighted by atomic mass is 16.4. The monoisotopic (exact) mass is 216 g/mol. The molecule has 2 atom stereocenters. The third kappa shape index (κ3) is 7.93. The number of carboxylic acid groups (broad SMARTS) is 1. The SMILES string of the molecule is CC(CNC(=O)CC(C)CN)CC(=O)O. The summed E-state index contributed by atoms with van der Waals surface area (Å²) in [4.78, 5) is 21.6. The van der Waals surface area contributed by atoms with E-state index in [4.69, 9.17) is 10.8 Å². The predicted octanol–water partition coefficient (Wildman–Crippen LogP) is 0.198. The molecule has 0 aliphatic heterocycles. The molecule has 0 radical (unpaired) electrons. The summed E-state index contributed by atoms with van der Waals surface area (Å²) in [6.07, 6.45) is 0.475. The van der Waals surface area contributed by atoms with E-state index in [-0.39, 0.29) is 24.2 Å². The number of rotatable bonds is 7. The van der Waals surface area contributed by atoms with E-state index in [0.29, 0.717) is 19.5 Å². The Labute approximate surface area is 90.0 Å². The summed E-state index contributed by atoms with van der Waals surface area (Å²) in [6.45, 7) is 4.58. The lowest BCUT2D eigenvalue weighted by Crippen LogP contribution is -2.31. The maximum Gasteiger partial charge on any atom is 0.303 e. The summed E-state index contributed by atoms with van der Waals surface area (Å²) in [5.74, 6) is -0.781. The van der Waals surface area contributed by atoms with Crippen LogP contribution in [0.1, 0.15) is 26.7 Å². The Morgan fingerprint density at radius 2 is 1.87 bits per heavy atom. The molecule has 0 aromatic heterocycles. The van der Waals surface area contributed by atoms with E-state index in [1.807, 2.05) is 6.92 Å². The van der Waals surface area contributed by atoms with Crippen LogP contribution in [0.25, 0.3) is 0 Å². The zero-order chi connectivity index (χ0) is 11.8. The predicted molar refractivity (Wildman–Crippen MR) is 57.3 cm³/mol. The van der Waals surface area contributed by atoms with Crippen molar-refractivity contribution in [1.29, 1.82) is 0 Å². The molecule has 0 aliphatic carbocycles. The second-order valence-electron chi connectivity index (χ2n) is 4.05. The number of carbonyl (C=O) groups excluding carboxylic acids is 1. The van der Waals surface area contributed by atoms with Crippen molar-refractivity contribution in [3.8, 4) is 0 Å². The number of nitrogens with two attached hydrogens (primary N) is 1. The van der Waals surface area contributed by atoms with Crippen molar-refractivity contribution in [2.45, 2.75) is 26.7 Å². The maximum atomic E-state index is 11.3. The first kappa shape index (κ1) is 13.9. The second-order valence-corrected chi connectivity index (χ2v) is 4.05. The van der Waals surface area contributed by atoms with Crippen LogP contribution >= 0.6 is 0 Å². The molecule has 0 fully saturated rings. The molecule has 0 bridgehead atoms. The minimum absolute atomic E-state index is 0.0420. The van der Waals surface area contributed by atoms with Gasteiger partial charge in [-0.15, -0.1) is 0 Å². The van der Waals surface area contributed by atoms with E-state index < -0.39 is 5.97 Å². The van der Waals surface area contributed by atoms with E-state index in [9.17, 15) is 9.59 Å². The molecule has 15 heavy (non-hydrogen) atoms. The molecule has 1 amide bonds. The number of nitrogens with one attached hydrogen (secondary N) is 1. The van der Waals surface area contributed by atoms with Crippen LogP contribution in [0.2, 0.25) is 0 Å². The van der Waals surface area contributed by atoms with E-state index in [1.54, 1.807) is 6.92 Å². The van der Waals surface area contributed by atoms with Crippen LogP contribution < -0.4 is 11.1 Å². The van der Waals surface area contributed by atoms with Gasteiger partial charge in [-0.05, 0) is 18.4 Å². The Hall–Kier alpha value is -1.10. The van der Waals surface area contributed by atoms with Crippen LogP contribution in [0.4, 0.5) is 0 Å². The van der Waals surface area contributed by atoms with Gasteiger partial charge < -0.3 is 16.2 Å². The van der Waals surface area contributed by atoms with Gasteiger partial charge in [-0.3, -0.25) is 9.59 Å². The number of carboxylic acids is 1. The summed E-state index contributed by atoms with van der Waals surface area (Å²) in [5.41, 5.74) is 5.38. The summed E-state index contributed by atoms with van der Waals surface area (Å²) in [5, 5.41) is 11.2. The lowest BCUT2D eigenvalue weighted by Gasteiger charge is -2.12. The van der Waals surface area contributed by atoms with Crippen molar-refractivity contribution in [2.24, 2.45) is 17.6 Å². The fourth-order valence-electron chi connectivity index (χ4n) is 1.13. The molecule has 0 aromatic carbocycles. The largest absolute Gasteiger partial charge is 0.481 e. The maximum absolute atomic E-state index is 11.3. The minimum Gasteiger partial charge on any atom is -0.481 e. The summed E-state index contributed by atoms with van der Waals surface area (Å²) < 4.78 is 0. The Bertz CT molecular complexity index is 219. The van der Waals surface area contributed by atoms with E-state index >= 15 is 0 Å². The molecule has 0 aliphatic rings. The molecule has 5 heteroatoms. The lowest BCUT2D eigenvalue weighted by atomic mass is 10.1. The molecule has 0 saturated carbocycles. The van der Waals surface area contributed by atoms with Gasteiger partial charge >= 0.3 is 5.97 Å². The number of carbonyl (C=O) groups is 2.